The van der Waals surface area contributed by atoms with Gasteiger partial charge in [0.25, 0.3) is 0 Å². The Morgan fingerprint density at radius 3 is 0.958 bits per heavy atom. The lowest BCUT2D eigenvalue weighted by Gasteiger charge is -2.34. The van der Waals surface area contributed by atoms with E-state index in [1.807, 2.05) is 14.7 Å². The molecule has 418 valence electrons. The van der Waals surface area contributed by atoms with Crippen molar-refractivity contribution in [2.75, 3.05) is 78.7 Å². The van der Waals surface area contributed by atoms with Gasteiger partial charge < -0.3 is 39.1 Å². The van der Waals surface area contributed by atoms with Gasteiger partial charge in [-0.1, -0.05) is 125 Å². The number of nitrogens with zero attached hydrogens (tertiary/aromatic N) is 4. The van der Waals surface area contributed by atoms with Crippen molar-refractivity contribution in [3.8, 4) is 0 Å². The molecule has 1 rings (SSSR count). The molecule has 0 aromatic rings. The number of hydrogen-bond donors (Lipinski definition) is 1. The van der Waals surface area contributed by atoms with E-state index in [1.54, 1.807) is 0 Å². The summed E-state index contributed by atoms with van der Waals surface area (Å²) in [6.07, 6.45) is 22.8. The van der Waals surface area contributed by atoms with Gasteiger partial charge in [-0.15, -0.1) is 0 Å². The molecule has 0 aromatic heterocycles. The number of hydrogen-bond acceptors (Lipinski definition) is 11. The maximum absolute atomic E-state index is 13.8. The zero-order valence-corrected chi connectivity index (χ0v) is 46.8. The van der Waals surface area contributed by atoms with E-state index in [9.17, 15) is 33.6 Å². The van der Waals surface area contributed by atoms with Gasteiger partial charge in [-0.3, -0.25) is 33.6 Å². The summed E-state index contributed by atoms with van der Waals surface area (Å²) in [5.74, 6) is -2.15. The predicted octanol–water partition coefficient (Wildman–Crippen LogP) is 10.5. The number of esters is 3. The molecule has 1 aliphatic rings. The lowest BCUT2D eigenvalue weighted by molar-refractivity contribution is -0.159. The summed E-state index contributed by atoms with van der Waals surface area (Å²) in [5, 5.41) is 2.97. The minimum Gasteiger partial charge on any atom is -0.463 e. The number of unbranched alkanes of at least 4 members (excludes halogenated alkanes) is 12. The Labute approximate surface area is 437 Å². The second kappa shape index (κ2) is 43.6. The van der Waals surface area contributed by atoms with Gasteiger partial charge in [-0.05, 0) is 83.7 Å². The molecule has 72 heavy (non-hydrogen) atoms. The molecule has 1 saturated heterocycles. The van der Waals surface area contributed by atoms with Crippen molar-refractivity contribution in [3.63, 3.8) is 0 Å². The van der Waals surface area contributed by atoms with Crippen molar-refractivity contribution in [3.05, 3.63) is 0 Å². The summed E-state index contributed by atoms with van der Waals surface area (Å²) in [6.45, 7) is 17.9. The van der Waals surface area contributed by atoms with Crippen LogP contribution >= 0.6 is 0 Å². The quantitative estimate of drug-likeness (QED) is 0.0349. The van der Waals surface area contributed by atoms with Gasteiger partial charge in [-0.25, -0.2) is 0 Å². The van der Waals surface area contributed by atoms with E-state index in [0.717, 1.165) is 148 Å². The fourth-order valence-electron chi connectivity index (χ4n) is 8.93. The number of piperidine rings is 1. The van der Waals surface area contributed by atoms with Crippen LogP contribution in [-0.4, -0.2) is 145 Å². The lowest BCUT2D eigenvalue weighted by Crippen LogP contribution is -2.59. The van der Waals surface area contributed by atoms with Gasteiger partial charge in [0, 0.05) is 90.8 Å². The Balaban J connectivity index is 3.27. The molecule has 0 aromatic carbocycles. The van der Waals surface area contributed by atoms with Crippen molar-refractivity contribution in [2.45, 2.75) is 246 Å². The van der Waals surface area contributed by atoms with Crippen LogP contribution in [0.2, 0.25) is 0 Å². The monoisotopic (exact) mass is 1020 g/mol. The molecular formula is C57H105N5O10. The highest BCUT2D eigenvalue weighted by Crippen LogP contribution is 2.17. The Bertz CT molecular complexity index is 1300. The summed E-state index contributed by atoms with van der Waals surface area (Å²) >= 11 is 0. The second-order valence-corrected chi connectivity index (χ2v) is 20.4. The third-order valence-electron chi connectivity index (χ3n) is 13.6. The van der Waals surface area contributed by atoms with Crippen LogP contribution in [0.1, 0.15) is 241 Å². The number of nitrogens with one attached hydrogen (secondary N) is 1. The van der Waals surface area contributed by atoms with Crippen molar-refractivity contribution in [1.29, 1.82) is 0 Å². The first-order chi connectivity index (χ1) is 34.9. The molecule has 0 aliphatic carbocycles. The van der Waals surface area contributed by atoms with Crippen LogP contribution in [0.15, 0.2) is 0 Å². The topological polar surface area (TPSA) is 172 Å². The zero-order valence-electron chi connectivity index (χ0n) is 46.8. The van der Waals surface area contributed by atoms with Crippen LogP contribution in [-0.2, 0) is 47.8 Å². The Hall–Kier alpha value is -3.75. The van der Waals surface area contributed by atoms with Crippen LogP contribution < -0.4 is 5.32 Å². The molecule has 0 saturated carbocycles. The highest BCUT2D eigenvalue weighted by Gasteiger charge is 2.38. The molecule has 15 heteroatoms. The summed E-state index contributed by atoms with van der Waals surface area (Å²) in [7, 11) is 0. The minimum absolute atomic E-state index is 0.00827. The number of ether oxygens (including phenoxy) is 3. The predicted molar refractivity (Wildman–Crippen MR) is 287 cm³/mol. The van der Waals surface area contributed by atoms with Crippen LogP contribution in [0.3, 0.4) is 0 Å². The summed E-state index contributed by atoms with van der Waals surface area (Å²) in [5.41, 5.74) is -1.64. The molecule has 0 radical (unpaired) electrons. The SMILES string of the molecule is CCCCCN(CCCCC)C(=O)CCCC(=O)OCC(COC(=O)CCCC(=O)N(CCCCC)CCCCC)(COC(=O)CCCC(=O)N(CCCCC)CCCCC)NC(=O)CCN1CCCCC1. The van der Waals surface area contributed by atoms with E-state index >= 15 is 0 Å². The summed E-state index contributed by atoms with van der Waals surface area (Å²) in [6, 6.07) is 0. The van der Waals surface area contributed by atoms with Gasteiger partial charge >= 0.3 is 17.9 Å². The summed E-state index contributed by atoms with van der Waals surface area (Å²) < 4.78 is 17.5. The van der Waals surface area contributed by atoms with Gasteiger partial charge in [0.2, 0.25) is 23.6 Å². The maximum Gasteiger partial charge on any atom is 0.305 e. The molecule has 0 spiro atoms. The first-order valence-corrected chi connectivity index (χ1v) is 29.2. The smallest absolute Gasteiger partial charge is 0.305 e. The molecule has 0 unspecified atom stereocenters. The van der Waals surface area contributed by atoms with Gasteiger partial charge in [0.05, 0.1) is 0 Å². The van der Waals surface area contributed by atoms with E-state index < -0.39 is 43.3 Å². The van der Waals surface area contributed by atoms with E-state index in [1.165, 1.54) is 0 Å². The average molecular weight is 1020 g/mol. The molecule has 1 fully saturated rings. The Morgan fingerprint density at radius 2 is 0.681 bits per heavy atom. The Morgan fingerprint density at radius 1 is 0.389 bits per heavy atom. The van der Waals surface area contributed by atoms with Crippen molar-refractivity contribution in [2.24, 2.45) is 0 Å². The minimum atomic E-state index is -1.64. The zero-order chi connectivity index (χ0) is 53.1. The first-order valence-electron chi connectivity index (χ1n) is 29.2. The number of carbonyl (C=O) groups is 7. The highest BCUT2D eigenvalue weighted by molar-refractivity contribution is 5.79. The molecule has 1 N–H and O–H groups in total. The number of likely N-dealkylation sites (tertiary alicyclic amines) is 1. The third-order valence-corrected chi connectivity index (χ3v) is 13.6. The molecule has 0 atom stereocenters. The molecule has 1 heterocycles. The number of rotatable bonds is 46. The fraction of sp³-hybridized carbons (Fsp3) is 0.877. The van der Waals surface area contributed by atoms with Crippen molar-refractivity contribution in [1.82, 2.24) is 24.9 Å². The molecule has 0 bridgehead atoms. The van der Waals surface area contributed by atoms with E-state index in [2.05, 4.69) is 51.8 Å². The van der Waals surface area contributed by atoms with Gasteiger partial charge in [0.1, 0.15) is 25.4 Å². The summed E-state index contributed by atoms with van der Waals surface area (Å²) in [4.78, 5) is 102. The van der Waals surface area contributed by atoms with E-state index in [-0.39, 0.29) is 87.8 Å². The van der Waals surface area contributed by atoms with Crippen LogP contribution in [0.25, 0.3) is 0 Å². The third kappa shape index (κ3) is 33.1. The number of amides is 4. The van der Waals surface area contributed by atoms with E-state index in [0.29, 0.717) is 45.8 Å². The Kier molecular flexibility index (Phi) is 40.2. The highest BCUT2D eigenvalue weighted by atomic mass is 16.6. The van der Waals surface area contributed by atoms with Crippen LogP contribution in [0.5, 0.6) is 0 Å². The van der Waals surface area contributed by atoms with Gasteiger partial charge in [-0.2, -0.15) is 0 Å². The first kappa shape index (κ1) is 66.3. The molecular weight excluding hydrogens is 915 g/mol. The second-order valence-electron chi connectivity index (χ2n) is 20.4. The fourth-order valence-corrected chi connectivity index (χ4v) is 8.93. The average Bonchev–Trinajstić information content (AvgIpc) is 3.37. The molecule has 15 nitrogen and oxygen atoms in total. The largest absolute Gasteiger partial charge is 0.463 e. The van der Waals surface area contributed by atoms with Crippen LogP contribution in [0.4, 0.5) is 0 Å². The normalized spacial score (nSPS) is 12.8. The van der Waals surface area contributed by atoms with E-state index in [4.69, 9.17) is 14.2 Å². The lowest BCUT2D eigenvalue weighted by atomic mass is 10.0. The van der Waals surface area contributed by atoms with Gasteiger partial charge in [0.15, 0.2) is 0 Å². The molecule has 4 amide bonds. The molecule has 1 aliphatic heterocycles. The van der Waals surface area contributed by atoms with Crippen molar-refractivity contribution < 1.29 is 47.8 Å². The maximum atomic E-state index is 13.8. The standard InChI is InChI=1S/C57H105N5O10/c1-7-13-20-40-60(41-21-14-8-2)51(64)31-28-34-54(67)70-47-57(58-50(63)37-46-59-38-26-19-27-39-59,48-71-55(68)35-29-32-52(65)61(42-22-15-9-3)43-23-16-10-4)49-72-56(69)36-30-33-53(66)62(44-24-17-11-5)45-25-18-12-6/h7-49H2,1-6H3,(H,58,63). The van der Waals surface area contributed by atoms with Crippen molar-refractivity contribution >= 4 is 41.5 Å². The number of carbonyl (C=O) groups excluding carboxylic acids is 7. The van der Waals surface area contributed by atoms with Crippen LogP contribution in [0, 0.1) is 0 Å².